The van der Waals surface area contributed by atoms with Gasteiger partial charge in [0.15, 0.2) is 5.82 Å². The van der Waals surface area contributed by atoms with Crippen molar-refractivity contribution in [3.8, 4) is 0 Å². The largest absolute Gasteiger partial charge is 0.355 e. The Morgan fingerprint density at radius 1 is 1.00 bits per heavy atom. The summed E-state index contributed by atoms with van der Waals surface area (Å²) in [6, 6.07) is 4.87. The molecule has 2 aliphatic heterocycles. The number of hydrogen-bond donors (Lipinski definition) is 0. The molecule has 3 rings (SSSR count). The van der Waals surface area contributed by atoms with Crippen molar-refractivity contribution in [3.63, 3.8) is 0 Å². The van der Waals surface area contributed by atoms with E-state index in [0.29, 0.717) is 6.04 Å². The van der Waals surface area contributed by atoms with Crippen LogP contribution in [0.2, 0.25) is 0 Å². The van der Waals surface area contributed by atoms with Crippen LogP contribution in [-0.4, -0.2) is 72.4 Å². The van der Waals surface area contributed by atoms with Crippen LogP contribution in [0.3, 0.4) is 0 Å². The van der Waals surface area contributed by atoms with Gasteiger partial charge in [-0.25, -0.2) is 0 Å². The molecule has 2 saturated heterocycles. The van der Waals surface area contributed by atoms with Gasteiger partial charge in [0.2, 0.25) is 0 Å². The van der Waals surface area contributed by atoms with Crippen LogP contribution < -0.4 is 4.90 Å². The number of anilines is 1. The summed E-state index contributed by atoms with van der Waals surface area (Å²) in [5, 5.41) is 8.51. The Kier molecular flexibility index (Phi) is 4.93. The number of likely N-dealkylation sites (N-methyl/N-ethyl adjacent to an activating group) is 1. The number of aromatic nitrogens is 2. The number of hydrogen-bond acceptors (Lipinski definition) is 5. The van der Waals surface area contributed by atoms with Crippen molar-refractivity contribution in [2.45, 2.75) is 32.7 Å². The zero-order valence-corrected chi connectivity index (χ0v) is 14.2. The van der Waals surface area contributed by atoms with Crippen LogP contribution in [0.1, 0.15) is 25.5 Å². The smallest absolute Gasteiger partial charge is 0.151 e. The van der Waals surface area contributed by atoms with Crippen molar-refractivity contribution in [3.05, 3.63) is 17.8 Å². The zero-order chi connectivity index (χ0) is 15.5. The highest BCUT2D eigenvalue weighted by atomic mass is 15.3. The minimum atomic E-state index is 0.708. The van der Waals surface area contributed by atoms with E-state index in [4.69, 9.17) is 0 Å². The molecule has 2 aliphatic rings. The average Bonchev–Trinajstić information content (AvgIpc) is 2.56. The van der Waals surface area contributed by atoms with Gasteiger partial charge in [-0.3, -0.25) is 4.90 Å². The molecule has 0 saturated carbocycles. The third kappa shape index (κ3) is 3.58. The fourth-order valence-electron chi connectivity index (χ4n) is 3.70. The Balaban J connectivity index is 1.51. The Hall–Kier alpha value is -1.20. The minimum Gasteiger partial charge on any atom is -0.355 e. The van der Waals surface area contributed by atoms with Gasteiger partial charge in [-0.05, 0) is 51.8 Å². The van der Waals surface area contributed by atoms with E-state index < -0.39 is 0 Å². The average molecular weight is 303 g/mol. The maximum Gasteiger partial charge on any atom is 0.151 e. The second-order valence-corrected chi connectivity index (χ2v) is 6.94. The van der Waals surface area contributed by atoms with Gasteiger partial charge in [0.25, 0.3) is 0 Å². The summed E-state index contributed by atoms with van der Waals surface area (Å²) in [5.41, 5.74) is 0.988. The van der Waals surface area contributed by atoms with E-state index in [1.807, 2.05) is 6.92 Å². The summed E-state index contributed by atoms with van der Waals surface area (Å²) in [4.78, 5) is 7.51. The second-order valence-electron chi connectivity index (χ2n) is 6.94. The number of rotatable bonds is 3. The lowest BCUT2D eigenvalue weighted by Gasteiger charge is -2.42. The fraction of sp³-hybridized carbons (Fsp3) is 0.765. The standard InChI is InChI=1S/C17H29N5/c1-14-4-5-17(19-18-14)22-8-6-16(7-9-22)15(2)21-12-10-20(3)11-13-21/h4-5,15-16H,6-13H2,1-3H3/t15-/m1/s1. The van der Waals surface area contributed by atoms with E-state index in [1.54, 1.807) is 0 Å². The van der Waals surface area contributed by atoms with Crippen LogP contribution >= 0.6 is 0 Å². The number of aryl methyl sites for hydroxylation is 1. The topological polar surface area (TPSA) is 35.5 Å². The van der Waals surface area contributed by atoms with Gasteiger partial charge in [0, 0.05) is 45.3 Å². The molecule has 0 bridgehead atoms. The van der Waals surface area contributed by atoms with Crippen LogP contribution in [-0.2, 0) is 0 Å². The summed E-state index contributed by atoms with van der Waals surface area (Å²) >= 11 is 0. The monoisotopic (exact) mass is 303 g/mol. The molecule has 0 amide bonds. The summed E-state index contributed by atoms with van der Waals surface area (Å²) in [6.07, 6.45) is 2.53. The molecule has 0 aromatic carbocycles. The van der Waals surface area contributed by atoms with Crippen LogP contribution in [0.25, 0.3) is 0 Å². The molecule has 22 heavy (non-hydrogen) atoms. The third-order valence-electron chi connectivity index (χ3n) is 5.44. The van der Waals surface area contributed by atoms with Crippen LogP contribution in [0.15, 0.2) is 12.1 Å². The molecule has 0 N–H and O–H groups in total. The molecular weight excluding hydrogens is 274 g/mol. The van der Waals surface area contributed by atoms with Gasteiger partial charge < -0.3 is 9.80 Å². The van der Waals surface area contributed by atoms with E-state index in [0.717, 1.165) is 30.5 Å². The lowest BCUT2D eigenvalue weighted by atomic mass is 9.89. The predicted molar refractivity (Wildman–Crippen MR) is 90.2 cm³/mol. The fourth-order valence-corrected chi connectivity index (χ4v) is 3.70. The first kappa shape index (κ1) is 15.7. The Labute approximate surface area is 134 Å². The van der Waals surface area contributed by atoms with Crippen molar-refractivity contribution in [1.82, 2.24) is 20.0 Å². The van der Waals surface area contributed by atoms with E-state index in [1.165, 1.54) is 39.0 Å². The Morgan fingerprint density at radius 3 is 2.27 bits per heavy atom. The van der Waals surface area contributed by atoms with Crippen molar-refractivity contribution >= 4 is 5.82 Å². The highest BCUT2D eigenvalue weighted by Gasteiger charge is 2.29. The molecule has 3 heterocycles. The molecule has 1 atom stereocenters. The van der Waals surface area contributed by atoms with Gasteiger partial charge in [-0.1, -0.05) is 0 Å². The first-order chi connectivity index (χ1) is 10.6. The maximum absolute atomic E-state index is 4.33. The third-order valence-corrected chi connectivity index (χ3v) is 5.44. The molecule has 0 unspecified atom stereocenters. The zero-order valence-electron chi connectivity index (χ0n) is 14.2. The van der Waals surface area contributed by atoms with Gasteiger partial charge in [0.05, 0.1) is 5.69 Å². The van der Waals surface area contributed by atoms with Gasteiger partial charge in [-0.15, -0.1) is 5.10 Å². The van der Waals surface area contributed by atoms with Crippen LogP contribution in [0.5, 0.6) is 0 Å². The SMILES string of the molecule is Cc1ccc(N2CCC([C@@H](C)N3CCN(C)CC3)CC2)nn1. The number of piperazine rings is 1. The first-order valence-corrected chi connectivity index (χ1v) is 8.61. The van der Waals surface area contributed by atoms with Crippen LogP contribution in [0.4, 0.5) is 5.82 Å². The molecule has 1 aromatic heterocycles. The normalized spacial score (nSPS) is 23.7. The van der Waals surface area contributed by atoms with Gasteiger partial charge in [0.1, 0.15) is 0 Å². The first-order valence-electron chi connectivity index (χ1n) is 8.61. The highest BCUT2D eigenvalue weighted by molar-refractivity contribution is 5.37. The molecule has 5 nitrogen and oxygen atoms in total. The predicted octanol–water partition coefficient (Wildman–Crippen LogP) is 1.64. The summed E-state index contributed by atoms with van der Waals surface area (Å²) < 4.78 is 0. The molecule has 0 spiro atoms. The molecule has 122 valence electrons. The lowest BCUT2D eigenvalue weighted by molar-refractivity contribution is 0.0813. The summed E-state index contributed by atoms with van der Waals surface area (Å²) in [7, 11) is 2.23. The van der Waals surface area contributed by atoms with E-state index in [-0.39, 0.29) is 0 Å². The Bertz CT molecular complexity index is 458. The van der Waals surface area contributed by atoms with Gasteiger partial charge in [-0.2, -0.15) is 5.10 Å². The number of piperidine rings is 1. The van der Waals surface area contributed by atoms with E-state index in [9.17, 15) is 0 Å². The van der Waals surface area contributed by atoms with Crippen LogP contribution in [0, 0.1) is 12.8 Å². The molecule has 2 fully saturated rings. The molecule has 5 heteroatoms. The van der Waals surface area contributed by atoms with Crippen molar-refractivity contribution in [1.29, 1.82) is 0 Å². The molecule has 0 aliphatic carbocycles. The number of nitrogens with zero attached hydrogens (tertiary/aromatic N) is 5. The Morgan fingerprint density at radius 2 is 1.68 bits per heavy atom. The minimum absolute atomic E-state index is 0.708. The molecule has 1 aromatic rings. The molecular formula is C17H29N5. The quantitative estimate of drug-likeness (QED) is 0.848. The summed E-state index contributed by atoms with van der Waals surface area (Å²) in [6.45, 7) is 11.5. The summed E-state index contributed by atoms with van der Waals surface area (Å²) in [5.74, 6) is 1.86. The van der Waals surface area contributed by atoms with E-state index >= 15 is 0 Å². The van der Waals surface area contributed by atoms with Gasteiger partial charge >= 0.3 is 0 Å². The highest BCUT2D eigenvalue weighted by Crippen LogP contribution is 2.26. The maximum atomic E-state index is 4.33. The molecule has 0 radical (unpaired) electrons. The second kappa shape index (κ2) is 6.92. The van der Waals surface area contributed by atoms with Crippen molar-refractivity contribution in [2.75, 3.05) is 51.2 Å². The lowest BCUT2D eigenvalue weighted by Crippen LogP contribution is -2.51. The van der Waals surface area contributed by atoms with Crippen molar-refractivity contribution < 1.29 is 0 Å². The van der Waals surface area contributed by atoms with Crippen molar-refractivity contribution in [2.24, 2.45) is 5.92 Å². The van der Waals surface area contributed by atoms with E-state index in [2.05, 4.69) is 51.0 Å².